The summed E-state index contributed by atoms with van der Waals surface area (Å²) < 4.78 is 61.9. The number of rotatable bonds is 9. The van der Waals surface area contributed by atoms with Gasteiger partial charge < -0.3 is 88.2 Å². The average molecular weight is 937 g/mol. The van der Waals surface area contributed by atoms with Gasteiger partial charge in [0.15, 0.2) is 37.4 Å². The minimum atomic E-state index is -1.91. The lowest BCUT2D eigenvalue weighted by molar-refractivity contribution is -0.398. The van der Waals surface area contributed by atoms with E-state index < -0.39 is 141 Å². The molecular weight excluding hydrogens is 860 g/mol. The summed E-state index contributed by atoms with van der Waals surface area (Å²) in [5.41, 5.74) is 0.136. The molecule has 0 saturated carbocycles. The van der Waals surface area contributed by atoms with E-state index in [1.807, 2.05) is 0 Å². The molecule has 376 valence electrons. The maximum absolute atomic E-state index is 13.8. The SMILES string of the molecule is C/C=C(\C)C(=O)O[C@H]1[C@@H]2O[C@H]3[C@H](O[C@H]4[C@H](OC(CCCCC)CCCCCCCCCC(=O)O[C@@H]1[C@@H](O[C@@H]1O[C@H](C)[C@@H](O)[C@H](O)[C@H]1O)[C@H](C)O2)O[C@H](C)[C@@H](O)[C@@H]4O)O[C@H](CO)[C@@H](O)[C@@H]3O. The second-order valence-electron chi connectivity index (χ2n) is 18.2. The van der Waals surface area contributed by atoms with Crippen molar-refractivity contribution in [1.29, 1.82) is 0 Å². The van der Waals surface area contributed by atoms with Gasteiger partial charge in [-0.3, -0.25) is 4.79 Å². The molecule has 0 aromatic rings. The highest BCUT2D eigenvalue weighted by molar-refractivity contribution is 5.87. The van der Waals surface area contributed by atoms with Crippen LogP contribution in [0, 0.1) is 0 Å². The molecule has 65 heavy (non-hydrogen) atoms. The fraction of sp³-hybridized carbons (Fsp3) is 0.911. The Morgan fingerprint density at radius 3 is 1.89 bits per heavy atom. The molecule has 5 rings (SSSR count). The third-order valence-corrected chi connectivity index (χ3v) is 13.1. The predicted molar refractivity (Wildman–Crippen MR) is 225 cm³/mol. The van der Waals surface area contributed by atoms with E-state index in [-0.39, 0.29) is 18.1 Å². The molecular formula is C45H76O20. The highest BCUT2D eigenvalue weighted by Gasteiger charge is 2.57. The molecule has 2 bridgehead atoms. The van der Waals surface area contributed by atoms with Crippen molar-refractivity contribution in [1.82, 2.24) is 0 Å². The van der Waals surface area contributed by atoms with Gasteiger partial charge in [0, 0.05) is 12.0 Å². The quantitative estimate of drug-likeness (QED) is 0.0905. The second kappa shape index (κ2) is 25.6. The number of carbonyl (C=O) groups is 2. The number of aliphatic hydroxyl groups excluding tert-OH is 8. The number of fused-ring (bicyclic) bond motifs is 4. The average Bonchev–Trinajstić information content (AvgIpc) is 3.28. The number of allylic oxidation sites excluding steroid dienone is 1. The topological polar surface area (TPSA) is 288 Å². The first-order valence-corrected chi connectivity index (χ1v) is 23.6. The molecule has 0 radical (unpaired) electrons. The summed E-state index contributed by atoms with van der Waals surface area (Å²) in [7, 11) is 0. The molecule has 5 aliphatic heterocycles. The molecule has 0 aliphatic carbocycles. The van der Waals surface area contributed by atoms with Gasteiger partial charge in [-0.05, 0) is 53.9 Å². The first kappa shape index (κ1) is 54.0. The lowest BCUT2D eigenvalue weighted by Crippen LogP contribution is -2.67. The Hall–Kier alpha value is -1.96. The lowest BCUT2D eigenvalue weighted by Gasteiger charge is -2.50. The zero-order valence-corrected chi connectivity index (χ0v) is 38.6. The molecule has 5 aliphatic rings. The van der Waals surface area contributed by atoms with Gasteiger partial charge in [0.1, 0.15) is 67.1 Å². The van der Waals surface area contributed by atoms with Gasteiger partial charge in [0.05, 0.1) is 31.0 Å². The Bertz CT molecular complexity index is 1490. The Labute approximate surface area is 381 Å². The third kappa shape index (κ3) is 13.9. The maximum Gasteiger partial charge on any atom is 0.333 e. The molecule has 0 spiro atoms. The second-order valence-corrected chi connectivity index (χ2v) is 18.2. The van der Waals surface area contributed by atoms with Crippen LogP contribution in [0.15, 0.2) is 11.6 Å². The monoisotopic (exact) mass is 936 g/mol. The van der Waals surface area contributed by atoms with Crippen molar-refractivity contribution in [3.8, 4) is 0 Å². The summed E-state index contributed by atoms with van der Waals surface area (Å²) in [5.74, 6) is -1.58. The van der Waals surface area contributed by atoms with E-state index in [1.165, 1.54) is 26.8 Å². The lowest BCUT2D eigenvalue weighted by atomic mass is 9.95. The first-order chi connectivity index (χ1) is 31.0. The van der Waals surface area contributed by atoms with Crippen molar-refractivity contribution in [2.45, 2.75) is 254 Å². The summed E-state index contributed by atoms with van der Waals surface area (Å²) in [6.45, 7) is 8.93. The van der Waals surface area contributed by atoms with Crippen LogP contribution in [0.2, 0.25) is 0 Å². The molecule has 8 N–H and O–H groups in total. The first-order valence-electron chi connectivity index (χ1n) is 23.6. The molecule has 21 atom stereocenters. The highest BCUT2D eigenvalue weighted by Crippen LogP contribution is 2.37. The van der Waals surface area contributed by atoms with Crippen LogP contribution in [0.1, 0.15) is 125 Å². The normalized spacial score (nSPS) is 44.6. The van der Waals surface area contributed by atoms with E-state index in [0.717, 1.165) is 57.8 Å². The minimum absolute atomic E-state index is 0.0307. The zero-order valence-electron chi connectivity index (χ0n) is 38.6. The zero-order chi connectivity index (χ0) is 47.5. The van der Waals surface area contributed by atoms with Crippen LogP contribution in [0.3, 0.4) is 0 Å². The molecule has 20 heteroatoms. The number of esters is 2. The van der Waals surface area contributed by atoms with Crippen LogP contribution in [-0.2, 0) is 57.0 Å². The van der Waals surface area contributed by atoms with Crippen LogP contribution >= 0.6 is 0 Å². The minimum Gasteiger partial charge on any atom is -0.455 e. The number of unbranched alkanes of at least 4 members (excludes halogenated alkanes) is 2. The summed E-state index contributed by atoms with van der Waals surface area (Å²) in [5, 5.41) is 87.8. The molecule has 5 fully saturated rings. The van der Waals surface area contributed by atoms with Crippen LogP contribution in [-0.4, -0.2) is 188 Å². The van der Waals surface area contributed by atoms with Crippen molar-refractivity contribution in [3.63, 3.8) is 0 Å². The van der Waals surface area contributed by atoms with Crippen molar-refractivity contribution in [2.24, 2.45) is 0 Å². The van der Waals surface area contributed by atoms with Gasteiger partial charge in [-0.25, -0.2) is 4.79 Å². The molecule has 0 aromatic heterocycles. The smallest absolute Gasteiger partial charge is 0.333 e. The molecule has 5 heterocycles. The van der Waals surface area contributed by atoms with E-state index in [0.29, 0.717) is 19.3 Å². The predicted octanol–water partition coefficient (Wildman–Crippen LogP) is 0.900. The fourth-order valence-corrected chi connectivity index (χ4v) is 8.85. The number of hydrogen-bond donors (Lipinski definition) is 8. The van der Waals surface area contributed by atoms with Gasteiger partial charge in [-0.15, -0.1) is 0 Å². The van der Waals surface area contributed by atoms with E-state index in [2.05, 4.69) is 6.92 Å². The van der Waals surface area contributed by atoms with Crippen molar-refractivity contribution in [3.05, 3.63) is 11.6 Å². The van der Waals surface area contributed by atoms with Gasteiger partial charge in [0.2, 0.25) is 0 Å². The van der Waals surface area contributed by atoms with Crippen molar-refractivity contribution in [2.75, 3.05) is 6.61 Å². The van der Waals surface area contributed by atoms with Crippen LogP contribution in [0.25, 0.3) is 0 Å². The Morgan fingerprint density at radius 2 is 1.23 bits per heavy atom. The van der Waals surface area contributed by atoms with E-state index in [4.69, 9.17) is 47.4 Å². The molecule has 0 amide bonds. The van der Waals surface area contributed by atoms with Gasteiger partial charge in [-0.2, -0.15) is 0 Å². The van der Waals surface area contributed by atoms with Gasteiger partial charge >= 0.3 is 11.9 Å². The van der Waals surface area contributed by atoms with Crippen LogP contribution in [0.4, 0.5) is 0 Å². The molecule has 20 nitrogen and oxygen atoms in total. The summed E-state index contributed by atoms with van der Waals surface area (Å²) >= 11 is 0. The van der Waals surface area contributed by atoms with Gasteiger partial charge in [-0.1, -0.05) is 70.8 Å². The number of carbonyl (C=O) groups excluding carboxylic acids is 2. The molecule has 1 unspecified atom stereocenters. The van der Waals surface area contributed by atoms with E-state index in [1.54, 1.807) is 13.8 Å². The maximum atomic E-state index is 13.8. The van der Waals surface area contributed by atoms with Crippen molar-refractivity contribution < 1.29 is 97.8 Å². The largest absolute Gasteiger partial charge is 0.455 e. The Morgan fingerprint density at radius 1 is 0.646 bits per heavy atom. The van der Waals surface area contributed by atoms with Crippen LogP contribution in [0.5, 0.6) is 0 Å². The molecule has 5 saturated heterocycles. The summed E-state index contributed by atoms with van der Waals surface area (Å²) in [4.78, 5) is 27.4. The molecule has 0 aromatic carbocycles. The number of aliphatic hydroxyl groups is 8. The van der Waals surface area contributed by atoms with Crippen molar-refractivity contribution >= 4 is 11.9 Å². The third-order valence-electron chi connectivity index (χ3n) is 13.1. The Balaban J connectivity index is 1.56. The summed E-state index contributed by atoms with van der Waals surface area (Å²) in [6, 6.07) is 0. The summed E-state index contributed by atoms with van der Waals surface area (Å²) in [6.07, 6.45) is -19.6. The highest BCUT2D eigenvalue weighted by atomic mass is 16.8. The fourth-order valence-electron chi connectivity index (χ4n) is 8.85. The van der Waals surface area contributed by atoms with E-state index in [9.17, 15) is 50.4 Å². The van der Waals surface area contributed by atoms with E-state index >= 15 is 0 Å². The van der Waals surface area contributed by atoms with Crippen LogP contribution < -0.4 is 0 Å². The number of ether oxygens (including phenoxy) is 10. The Kier molecular flexibility index (Phi) is 21.3. The number of hydrogen-bond acceptors (Lipinski definition) is 20. The van der Waals surface area contributed by atoms with Gasteiger partial charge in [0.25, 0.3) is 0 Å². The standard InChI is InChI=1S/C45H76O20/c1-7-9-15-18-26-19-16-13-11-10-12-14-17-20-28(47)61-39-36(63-42-35(54)32(51)29(48)23(4)56-42)25(6)58-45(40(39)62-41(55)22(3)8-2)65-38-34(53)31(50)27(21-46)60-44(38)64-37-33(52)30(49)24(5)57-43(37)59-26/h8,23-27,29-40,42-46,48-54H,7,9-21H2,1-6H3/b22-8+/t23-,24-,25+,26?,27-,29-,30-,31-,32+,33+,34+,35-,36+,37-,38-,39-,40-,42+,43+,44+,45+/m1/s1.